The minimum Gasteiger partial charge on any atom is -0.385 e. The van der Waals surface area contributed by atoms with E-state index < -0.39 is 0 Å². The van der Waals surface area contributed by atoms with Crippen LogP contribution in [-0.4, -0.2) is 50.2 Å². The van der Waals surface area contributed by atoms with Gasteiger partial charge in [-0.05, 0) is 29.9 Å². The van der Waals surface area contributed by atoms with Crippen LogP contribution >= 0.6 is 11.3 Å². The van der Waals surface area contributed by atoms with E-state index in [0.717, 1.165) is 19.4 Å². The van der Waals surface area contributed by atoms with Crippen molar-refractivity contribution in [1.82, 2.24) is 15.5 Å². The van der Waals surface area contributed by atoms with Crippen LogP contribution in [0.1, 0.15) is 23.3 Å². The highest BCUT2D eigenvalue weighted by atomic mass is 32.1. The fraction of sp³-hybridized carbons (Fsp3) is 0.600. The second-order valence-electron chi connectivity index (χ2n) is 5.21. The summed E-state index contributed by atoms with van der Waals surface area (Å²) in [6, 6.07) is 1.85. The molecule has 0 fully saturated rings. The van der Waals surface area contributed by atoms with Crippen molar-refractivity contribution in [2.24, 2.45) is 0 Å². The van der Waals surface area contributed by atoms with E-state index in [1.54, 1.807) is 18.4 Å². The summed E-state index contributed by atoms with van der Waals surface area (Å²) in [4.78, 5) is 26.9. The van der Waals surface area contributed by atoms with Crippen LogP contribution in [0.5, 0.6) is 0 Å². The molecule has 1 aliphatic rings. The average Bonchev–Trinajstić information content (AvgIpc) is 2.99. The highest BCUT2D eigenvalue weighted by Crippen LogP contribution is 2.24. The summed E-state index contributed by atoms with van der Waals surface area (Å²) >= 11 is 1.76. The predicted octanol–water partition coefficient (Wildman–Crippen LogP) is 1.36. The molecule has 3 amide bonds. The molecule has 0 unspecified atom stereocenters. The first-order valence-corrected chi connectivity index (χ1v) is 8.42. The number of ether oxygens (including phenoxy) is 1. The molecule has 1 aliphatic heterocycles. The molecule has 6 nitrogen and oxygen atoms in total. The number of thiophene rings is 1. The molecular formula is C15H23N3O3S. The van der Waals surface area contributed by atoms with Gasteiger partial charge in [-0.2, -0.15) is 0 Å². The molecule has 2 N–H and O–H groups in total. The fourth-order valence-corrected chi connectivity index (χ4v) is 3.27. The molecule has 1 aromatic rings. The lowest BCUT2D eigenvalue weighted by Gasteiger charge is -2.27. The summed E-state index contributed by atoms with van der Waals surface area (Å²) in [6.45, 7) is 3.03. The summed E-state index contributed by atoms with van der Waals surface area (Å²) in [5.74, 6) is 0.0940. The van der Waals surface area contributed by atoms with Crippen LogP contribution in [0.4, 0.5) is 4.79 Å². The molecule has 0 atom stereocenters. The molecule has 0 bridgehead atoms. The van der Waals surface area contributed by atoms with Gasteiger partial charge in [0.05, 0.1) is 0 Å². The Morgan fingerprint density at radius 1 is 1.36 bits per heavy atom. The Morgan fingerprint density at radius 2 is 2.18 bits per heavy atom. The van der Waals surface area contributed by atoms with Gasteiger partial charge in [0.25, 0.3) is 0 Å². The number of hydrogen-bond donors (Lipinski definition) is 2. The van der Waals surface area contributed by atoms with Gasteiger partial charge >= 0.3 is 6.03 Å². The van der Waals surface area contributed by atoms with E-state index in [-0.39, 0.29) is 11.9 Å². The zero-order valence-corrected chi connectivity index (χ0v) is 13.7. The van der Waals surface area contributed by atoms with Crippen molar-refractivity contribution < 1.29 is 14.3 Å². The topological polar surface area (TPSA) is 70.7 Å². The summed E-state index contributed by atoms with van der Waals surface area (Å²) in [5, 5.41) is 7.51. The first-order valence-electron chi connectivity index (χ1n) is 7.54. The second kappa shape index (κ2) is 8.75. The molecule has 0 saturated carbocycles. The van der Waals surface area contributed by atoms with Gasteiger partial charge in [0.2, 0.25) is 5.91 Å². The lowest BCUT2D eigenvalue weighted by molar-refractivity contribution is -0.131. The highest BCUT2D eigenvalue weighted by Gasteiger charge is 2.20. The van der Waals surface area contributed by atoms with Crippen molar-refractivity contribution >= 4 is 23.3 Å². The van der Waals surface area contributed by atoms with Gasteiger partial charge in [0, 0.05) is 51.2 Å². The second-order valence-corrected chi connectivity index (χ2v) is 6.21. The Labute approximate surface area is 134 Å². The van der Waals surface area contributed by atoms with Crippen molar-refractivity contribution in [1.29, 1.82) is 0 Å². The number of nitrogens with one attached hydrogen (secondary N) is 2. The van der Waals surface area contributed by atoms with Crippen molar-refractivity contribution in [2.45, 2.75) is 25.8 Å². The normalized spacial score (nSPS) is 13.6. The summed E-state index contributed by atoms with van der Waals surface area (Å²) in [5.41, 5.74) is 1.26. The molecule has 0 saturated heterocycles. The molecule has 1 aromatic heterocycles. The lowest BCUT2D eigenvalue weighted by atomic mass is 10.1. The Morgan fingerprint density at radius 3 is 3.00 bits per heavy atom. The van der Waals surface area contributed by atoms with Crippen LogP contribution in [0.3, 0.4) is 0 Å². The number of rotatable bonds is 7. The van der Waals surface area contributed by atoms with Crippen LogP contribution < -0.4 is 10.6 Å². The van der Waals surface area contributed by atoms with Gasteiger partial charge < -0.3 is 20.3 Å². The van der Waals surface area contributed by atoms with Crippen molar-refractivity contribution in [3.63, 3.8) is 0 Å². The lowest BCUT2D eigenvalue weighted by Crippen LogP contribution is -2.40. The summed E-state index contributed by atoms with van der Waals surface area (Å²) < 4.78 is 4.90. The standard InChI is InChI=1S/C15H23N3O3S/c1-21-9-2-6-16-15(20)17-7-3-14(19)18-8-4-13-12(11-18)5-10-22-13/h5,10H,2-4,6-9,11H2,1H3,(H2,16,17,20). The first-order chi connectivity index (χ1) is 10.7. The first kappa shape index (κ1) is 16.8. The fourth-order valence-electron chi connectivity index (χ4n) is 2.38. The molecule has 2 heterocycles. The van der Waals surface area contributed by atoms with E-state index in [4.69, 9.17) is 4.74 Å². The maximum Gasteiger partial charge on any atom is 0.314 e. The number of fused-ring (bicyclic) bond motifs is 1. The third-order valence-corrected chi connectivity index (χ3v) is 4.62. The molecule has 0 spiro atoms. The number of hydrogen-bond acceptors (Lipinski definition) is 4. The van der Waals surface area contributed by atoms with Crippen LogP contribution in [0.25, 0.3) is 0 Å². The molecule has 2 rings (SSSR count). The van der Waals surface area contributed by atoms with Gasteiger partial charge in [0.15, 0.2) is 0 Å². The maximum atomic E-state index is 12.2. The van der Waals surface area contributed by atoms with Crippen molar-refractivity contribution in [2.75, 3.05) is 33.4 Å². The number of urea groups is 1. The highest BCUT2D eigenvalue weighted by molar-refractivity contribution is 7.10. The van der Waals surface area contributed by atoms with E-state index in [1.807, 2.05) is 4.90 Å². The minimum absolute atomic E-state index is 0.0940. The van der Waals surface area contributed by atoms with E-state index >= 15 is 0 Å². The summed E-state index contributed by atoms with van der Waals surface area (Å²) in [7, 11) is 1.63. The number of methoxy groups -OCH3 is 1. The minimum atomic E-state index is -0.234. The molecule has 0 aromatic carbocycles. The Hall–Kier alpha value is -1.60. The SMILES string of the molecule is COCCCNC(=O)NCCC(=O)N1CCc2sccc2C1. The average molecular weight is 325 g/mol. The Bertz CT molecular complexity index is 504. The van der Waals surface area contributed by atoms with Gasteiger partial charge in [-0.3, -0.25) is 4.79 Å². The monoisotopic (exact) mass is 325 g/mol. The van der Waals surface area contributed by atoms with Crippen LogP contribution in [0.15, 0.2) is 11.4 Å². The predicted molar refractivity (Wildman–Crippen MR) is 86.0 cm³/mol. The molecule has 7 heteroatoms. The van der Waals surface area contributed by atoms with Gasteiger partial charge in [0.1, 0.15) is 0 Å². The molecule has 122 valence electrons. The van der Waals surface area contributed by atoms with Crippen LogP contribution in [0, 0.1) is 0 Å². The Balaban J connectivity index is 1.61. The Kier molecular flexibility index (Phi) is 6.67. The van der Waals surface area contributed by atoms with Crippen molar-refractivity contribution in [3.05, 3.63) is 21.9 Å². The smallest absolute Gasteiger partial charge is 0.314 e. The van der Waals surface area contributed by atoms with Crippen LogP contribution in [0.2, 0.25) is 0 Å². The maximum absolute atomic E-state index is 12.2. The largest absolute Gasteiger partial charge is 0.385 e. The number of carbonyl (C=O) groups is 2. The number of amides is 3. The summed E-state index contributed by atoms with van der Waals surface area (Å²) in [6.07, 6.45) is 2.05. The zero-order chi connectivity index (χ0) is 15.8. The van der Waals surface area contributed by atoms with Gasteiger partial charge in [-0.1, -0.05) is 0 Å². The molecule has 0 aliphatic carbocycles. The van der Waals surface area contributed by atoms with Crippen LogP contribution in [-0.2, 0) is 22.5 Å². The quantitative estimate of drug-likeness (QED) is 0.744. The van der Waals surface area contributed by atoms with E-state index in [0.29, 0.717) is 32.7 Å². The van der Waals surface area contributed by atoms with Gasteiger partial charge in [-0.15, -0.1) is 11.3 Å². The molecule has 0 radical (unpaired) electrons. The van der Waals surface area contributed by atoms with E-state index in [1.165, 1.54) is 10.4 Å². The third-order valence-electron chi connectivity index (χ3n) is 3.60. The zero-order valence-electron chi connectivity index (χ0n) is 12.9. The number of nitrogens with zero attached hydrogens (tertiary/aromatic N) is 1. The van der Waals surface area contributed by atoms with Crippen molar-refractivity contribution in [3.8, 4) is 0 Å². The van der Waals surface area contributed by atoms with E-state index in [2.05, 4.69) is 22.1 Å². The van der Waals surface area contributed by atoms with Gasteiger partial charge in [-0.25, -0.2) is 4.79 Å². The third kappa shape index (κ3) is 4.99. The number of carbonyl (C=O) groups excluding carboxylic acids is 2. The van der Waals surface area contributed by atoms with E-state index in [9.17, 15) is 9.59 Å². The molecule has 22 heavy (non-hydrogen) atoms. The molecular weight excluding hydrogens is 302 g/mol.